The van der Waals surface area contributed by atoms with E-state index in [2.05, 4.69) is 0 Å². The zero-order valence-corrected chi connectivity index (χ0v) is 12.7. The van der Waals surface area contributed by atoms with Gasteiger partial charge in [0.1, 0.15) is 0 Å². The van der Waals surface area contributed by atoms with Gasteiger partial charge in [-0.05, 0) is 24.3 Å². The first-order valence-corrected chi connectivity index (χ1v) is 6.65. The van der Waals surface area contributed by atoms with E-state index in [1.165, 1.54) is 38.5 Å². The Morgan fingerprint density at radius 1 is 1.14 bits per heavy atom. The van der Waals surface area contributed by atoms with Gasteiger partial charge in [-0.25, -0.2) is 5.21 Å². The van der Waals surface area contributed by atoms with Crippen LogP contribution in [0, 0.1) is 5.21 Å². The Labute approximate surface area is 132 Å². The molecule has 0 saturated carbocycles. The van der Waals surface area contributed by atoms with E-state index in [1.807, 2.05) is 0 Å². The van der Waals surface area contributed by atoms with Gasteiger partial charge < -0.3 is 14.7 Å². The molecule has 0 spiro atoms. The van der Waals surface area contributed by atoms with Gasteiger partial charge in [-0.3, -0.25) is 4.79 Å². The third kappa shape index (κ3) is 3.20. The van der Waals surface area contributed by atoms with Crippen molar-refractivity contribution in [3.63, 3.8) is 0 Å². The van der Waals surface area contributed by atoms with E-state index in [0.717, 1.165) is 0 Å². The highest BCUT2D eigenvalue weighted by Gasteiger charge is 2.22. The third-order valence-corrected chi connectivity index (χ3v) is 3.36. The van der Waals surface area contributed by atoms with Crippen molar-refractivity contribution in [2.75, 3.05) is 14.2 Å². The lowest BCUT2D eigenvalue weighted by Gasteiger charge is -2.18. The highest BCUT2D eigenvalue weighted by molar-refractivity contribution is 6.30. The van der Waals surface area contributed by atoms with Crippen LogP contribution in [-0.4, -0.2) is 25.2 Å². The van der Waals surface area contributed by atoms with Crippen LogP contribution in [0.2, 0.25) is 5.02 Å². The fourth-order valence-corrected chi connectivity index (χ4v) is 2.13. The number of nitrogens with one attached hydrogen (secondary N) is 1. The van der Waals surface area contributed by atoms with Gasteiger partial charge in [-0.2, -0.15) is 5.23 Å². The predicted octanol–water partition coefficient (Wildman–Crippen LogP) is 1.99. The lowest BCUT2D eigenvalue weighted by molar-refractivity contribution is -0.991. The molecular formula is C15H14ClNO5. The van der Waals surface area contributed by atoms with Gasteiger partial charge in [-0.15, -0.1) is 0 Å². The summed E-state index contributed by atoms with van der Waals surface area (Å²) >= 11 is 5.79. The second-order valence-electron chi connectivity index (χ2n) is 4.39. The van der Waals surface area contributed by atoms with Crippen LogP contribution in [0.3, 0.4) is 0 Å². The number of carbonyl (C=O) groups excluding carboxylic acids is 1. The highest BCUT2D eigenvalue weighted by Crippen LogP contribution is 2.33. The van der Waals surface area contributed by atoms with E-state index in [9.17, 15) is 15.2 Å². The molecule has 0 radical (unpaired) electrons. The molecule has 0 aliphatic rings. The average molecular weight is 324 g/mol. The maximum Gasteiger partial charge on any atom is 0.199 e. The summed E-state index contributed by atoms with van der Waals surface area (Å²) in [5, 5.41) is 20.0. The molecule has 2 aromatic carbocycles. The van der Waals surface area contributed by atoms with E-state index in [-0.39, 0.29) is 22.7 Å². The number of ketones is 1. The lowest BCUT2D eigenvalue weighted by Crippen LogP contribution is -2.99. The lowest BCUT2D eigenvalue weighted by atomic mass is 10.0. The number of benzene rings is 2. The summed E-state index contributed by atoms with van der Waals surface area (Å²) in [4.78, 5) is 12.5. The van der Waals surface area contributed by atoms with Gasteiger partial charge in [0.25, 0.3) is 0 Å². The second-order valence-corrected chi connectivity index (χ2v) is 4.83. The number of ether oxygens (including phenoxy) is 2. The van der Waals surface area contributed by atoms with E-state index < -0.39 is 11.0 Å². The molecule has 2 N–H and O–H groups in total. The fourth-order valence-electron chi connectivity index (χ4n) is 2.00. The molecular weight excluding hydrogens is 310 g/mol. The smallest absolute Gasteiger partial charge is 0.199 e. The molecule has 1 unspecified atom stereocenters. The van der Waals surface area contributed by atoms with Crippen molar-refractivity contribution < 1.29 is 24.7 Å². The molecule has 0 aliphatic carbocycles. The first-order chi connectivity index (χ1) is 10.5. The molecule has 6 nitrogen and oxygen atoms in total. The van der Waals surface area contributed by atoms with E-state index in [4.69, 9.17) is 21.1 Å². The summed E-state index contributed by atoms with van der Waals surface area (Å²) in [6.07, 6.45) is 0. The Hall–Kier alpha value is -2.12. The summed E-state index contributed by atoms with van der Waals surface area (Å²) in [5.41, 5.74) is 0.198. The SMILES string of the molecule is COc1cc(C(=O)c2ccc(Cl)cc2)c([NH+]([O-])O)cc1OC. The summed E-state index contributed by atoms with van der Waals surface area (Å²) in [7, 11) is 2.80. The number of rotatable bonds is 5. The number of carbonyl (C=O) groups is 1. The molecule has 0 bridgehead atoms. The molecule has 2 aromatic rings. The highest BCUT2D eigenvalue weighted by atomic mass is 35.5. The standard InChI is InChI=1S/C15H14ClNO5/c1-21-13-7-11(12(17(19)20)8-14(13)22-2)15(18)9-3-5-10(16)6-4-9/h3-8,17,19H,1-2H3. The van der Waals surface area contributed by atoms with Crippen LogP contribution in [0.15, 0.2) is 36.4 Å². The van der Waals surface area contributed by atoms with Crippen LogP contribution in [0.25, 0.3) is 0 Å². The molecule has 116 valence electrons. The van der Waals surface area contributed by atoms with Crippen LogP contribution in [0.1, 0.15) is 15.9 Å². The first-order valence-electron chi connectivity index (χ1n) is 6.27. The van der Waals surface area contributed by atoms with Crippen molar-refractivity contribution in [3.05, 3.63) is 57.8 Å². The maximum absolute atomic E-state index is 12.5. The van der Waals surface area contributed by atoms with Crippen LogP contribution >= 0.6 is 11.6 Å². The minimum atomic E-state index is -1.22. The maximum atomic E-state index is 12.5. The van der Waals surface area contributed by atoms with Crippen molar-refractivity contribution >= 4 is 23.1 Å². The van der Waals surface area contributed by atoms with Crippen molar-refractivity contribution in [1.82, 2.24) is 0 Å². The molecule has 0 heterocycles. The van der Waals surface area contributed by atoms with Gasteiger partial charge in [0.15, 0.2) is 23.0 Å². The van der Waals surface area contributed by atoms with Gasteiger partial charge in [0, 0.05) is 22.7 Å². The number of hydrogen-bond donors (Lipinski definition) is 2. The Morgan fingerprint density at radius 2 is 1.68 bits per heavy atom. The molecule has 0 aliphatic heterocycles. The summed E-state index contributed by atoms with van der Waals surface area (Å²) in [6, 6.07) is 8.83. The minimum Gasteiger partial charge on any atom is -0.595 e. The summed E-state index contributed by atoms with van der Waals surface area (Å²) in [6.45, 7) is 0. The molecule has 0 amide bonds. The van der Waals surface area contributed by atoms with Crippen LogP contribution in [-0.2, 0) is 0 Å². The quantitative estimate of drug-likeness (QED) is 0.649. The number of halogens is 1. The number of methoxy groups -OCH3 is 2. The van der Waals surface area contributed by atoms with Crippen molar-refractivity contribution in [2.45, 2.75) is 0 Å². The Morgan fingerprint density at radius 3 is 2.18 bits per heavy atom. The number of hydrogen-bond acceptors (Lipinski definition) is 5. The second kappa shape index (κ2) is 6.76. The van der Waals surface area contributed by atoms with Gasteiger partial charge in [-0.1, -0.05) is 11.6 Å². The molecule has 1 atom stereocenters. The number of quaternary nitrogens is 1. The fraction of sp³-hybridized carbons (Fsp3) is 0.133. The molecule has 22 heavy (non-hydrogen) atoms. The van der Waals surface area contributed by atoms with Crippen molar-refractivity contribution in [2.24, 2.45) is 0 Å². The van der Waals surface area contributed by atoms with Gasteiger partial charge in [0.05, 0.1) is 19.8 Å². The average Bonchev–Trinajstić information content (AvgIpc) is 2.53. The topological polar surface area (TPSA) is 83.3 Å². The van der Waals surface area contributed by atoms with Crippen LogP contribution < -0.4 is 14.7 Å². The molecule has 0 aromatic heterocycles. The van der Waals surface area contributed by atoms with E-state index in [1.54, 1.807) is 12.1 Å². The summed E-state index contributed by atoms with van der Waals surface area (Å²) in [5.74, 6) is 0.0902. The van der Waals surface area contributed by atoms with E-state index >= 15 is 0 Å². The molecule has 7 heteroatoms. The Bertz CT molecular complexity index is 685. The zero-order chi connectivity index (χ0) is 16.3. The van der Waals surface area contributed by atoms with Gasteiger partial charge >= 0.3 is 0 Å². The Kier molecular flexibility index (Phi) is 4.99. The van der Waals surface area contributed by atoms with Gasteiger partial charge in [0.2, 0.25) is 0 Å². The Balaban J connectivity index is 2.57. The van der Waals surface area contributed by atoms with Crippen LogP contribution in [0.4, 0.5) is 5.69 Å². The first kappa shape index (κ1) is 16.3. The predicted molar refractivity (Wildman–Crippen MR) is 80.2 cm³/mol. The van der Waals surface area contributed by atoms with Crippen molar-refractivity contribution in [1.29, 1.82) is 0 Å². The normalized spacial score (nSPS) is 11.9. The molecule has 0 fully saturated rings. The monoisotopic (exact) mass is 323 g/mol. The van der Waals surface area contributed by atoms with Crippen molar-refractivity contribution in [3.8, 4) is 11.5 Å². The summed E-state index contributed by atoms with van der Waals surface area (Å²) < 4.78 is 10.2. The minimum absolute atomic E-state index is 0.0208. The molecule has 0 saturated heterocycles. The molecule has 2 rings (SSSR count). The largest absolute Gasteiger partial charge is 0.595 e. The third-order valence-electron chi connectivity index (χ3n) is 3.11. The van der Waals surface area contributed by atoms with E-state index in [0.29, 0.717) is 10.6 Å². The van der Waals surface area contributed by atoms with Crippen LogP contribution in [0.5, 0.6) is 11.5 Å². The zero-order valence-electron chi connectivity index (χ0n) is 11.9.